The van der Waals surface area contributed by atoms with Crippen LogP contribution in [0.25, 0.3) is 11.4 Å². The van der Waals surface area contributed by atoms with Gasteiger partial charge in [0.25, 0.3) is 5.56 Å². The van der Waals surface area contributed by atoms with E-state index >= 15 is 0 Å². The van der Waals surface area contributed by atoms with Gasteiger partial charge in [0.2, 0.25) is 12.7 Å². The summed E-state index contributed by atoms with van der Waals surface area (Å²) in [5.41, 5.74) is 1.41. The Kier molecular flexibility index (Phi) is 6.28. The van der Waals surface area contributed by atoms with Crippen molar-refractivity contribution >= 4 is 17.7 Å². The van der Waals surface area contributed by atoms with E-state index in [2.05, 4.69) is 10.3 Å². The van der Waals surface area contributed by atoms with Crippen LogP contribution in [0, 0.1) is 5.82 Å². The van der Waals surface area contributed by atoms with Gasteiger partial charge in [-0.2, -0.15) is 0 Å². The number of ether oxygens (including phenoxy) is 3. The maximum Gasteiger partial charge on any atom is 0.410 e. The summed E-state index contributed by atoms with van der Waals surface area (Å²) in [5, 5.41) is 2.76. The van der Waals surface area contributed by atoms with Gasteiger partial charge in [0, 0.05) is 29.4 Å². The number of halogens is 1. The zero-order valence-corrected chi connectivity index (χ0v) is 19.5. The van der Waals surface area contributed by atoms with Crippen LogP contribution in [-0.4, -0.2) is 46.4 Å². The van der Waals surface area contributed by atoms with Crippen LogP contribution in [0.2, 0.25) is 0 Å². The molecule has 0 saturated heterocycles. The Hall–Kier alpha value is -4.41. The molecule has 2 aliphatic rings. The number of hydrogen-bond donors (Lipinski definition) is 1. The predicted octanol–water partition coefficient (Wildman–Crippen LogP) is 2.93. The van der Waals surface area contributed by atoms with E-state index in [1.54, 1.807) is 25.1 Å². The summed E-state index contributed by atoms with van der Waals surface area (Å²) in [6.45, 7) is 2.13. The molecule has 2 aliphatic heterocycles. The number of hydrogen-bond acceptors (Lipinski definition) is 7. The number of nitrogens with one attached hydrogen (secondary N) is 1. The first-order valence-electron chi connectivity index (χ1n) is 11.4. The van der Waals surface area contributed by atoms with Gasteiger partial charge in [-0.3, -0.25) is 14.2 Å². The van der Waals surface area contributed by atoms with Gasteiger partial charge in [0.05, 0.1) is 18.8 Å². The van der Waals surface area contributed by atoms with Crippen LogP contribution in [0.5, 0.6) is 11.5 Å². The third kappa shape index (κ3) is 4.59. The average molecular weight is 494 g/mol. The van der Waals surface area contributed by atoms with E-state index < -0.39 is 17.8 Å². The molecule has 1 aromatic heterocycles. The van der Waals surface area contributed by atoms with E-state index in [1.807, 2.05) is 0 Å². The first-order chi connectivity index (χ1) is 17.4. The molecule has 10 nitrogen and oxygen atoms in total. The van der Waals surface area contributed by atoms with E-state index in [-0.39, 0.29) is 44.3 Å². The predicted molar refractivity (Wildman–Crippen MR) is 126 cm³/mol. The summed E-state index contributed by atoms with van der Waals surface area (Å²) < 4.78 is 30.6. The van der Waals surface area contributed by atoms with Crippen molar-refractivity contribution in [1.29, 1.82) is 0 Å². The molecule has 0 atom stereocenters. The summed E-state index contributed by atoms with van der Waals surface area (Å²) in [4.78, 5) is 44.8. The summed E-state index contributed by atoms with van der Waals surface area (Å²) in [5.74, 6) is 0.395. The fourth-order valence-electron chi connectivity index (χ4n) is 4.18. The Morgan fingerprint density at radius 3 is 2.69 bits per heavy atom. The van der Waals surface area contributed by atoms with Crippen LogP contribution < -0.4 is 20.3 Å². The number of anilines is 1. The second-order valence-corrected chi connectivity index (χ2v) is 8.25. The maximum absolute atomic E-state index is 13.6. The van der Waals surface area contributed by atoms with Gasteiger partial charge >= 0.3 is 6.09 Å². The lowest BCUT2D eigenvalue weighted by Gasteiger charge is -2.28. The van der Waals surface area contributed by atoms with Crippen molar-refractivity contribution in [1.82, 2.24) is 14.5 Å². The molecule has 0 saturated carbocycles. The highest BCUT2D eigenvalue weighted by Gasteiger charge is 2.28. The summed E-state index contributed by atoms with van der Waals surface area (Å²) in [6.07, 6.45) is -0.214. The third-order valence-electron chi connectivity index (χ3n) is 5.91. The second kappa shape index (κ2) is 9.68. The van der Waals surface area contributed by atoms with E-state index in [9.17, 15) is 18.8 Å². The molecule has 0 aliphatic carbocycles. The molecule has 0 radical (unpaired) electrons. The SMILES string of the molecule is CCOC(=O)N1CCc2c(nc(-c3ccc(F)cc3)n(CC(=O)Nc3ccc4c(c3)OCO4)c2=O)C1. The molecular weight excluding hydrogens is 471 g/mol. The summed E-state index contributed by atoms with van der Waals surface area (Å²) in [6, 6.07) is 10.5. The minimum Gasteiger partial charge on any atom is -0.454 e. The first kappa shape index (κ1) is 23.3. The van der Waals surface area contributed by atoms with Crippen molar-refractivity contribution in [3.63, 3.8) is 0 Å². The molecule has 5 rings (SSSR count). The van der Waals surface area contributed by atoms with Crippen LogP contribution in [0.3, 0.4) is 0 Å². The third-order valence-corrected chi connectivity index (χ3v) is 5.91. The van der Waals surface area contributed by atoms with E-state index in [1.165, 1.54) is 33.7 Å². The van der Waals surface area contributed by atoms with Gasteiger partial charge in [0.15, 0.2) is 11.5 Å². The number of carbonyl (C=O) groups excluding carboxylic acids is 2. The van der Waals surface area contributed by atoms with Gasteiger partial charge < -0.3 is 24.4 Å². The fourth-order valence-corrected chi connectivity index (χ4v) is 4.18. The lowest BCUT2D eigenvalue weighted by atomic mass is 10.1. The number of carbonyl (C=O) groups is 2. The topological polar surface area (TPSA) is 112 Å². The molecule has 11 heteroatoms. The highest BCUT2D eigenvalue weighted by molar-refractivity contribution is 5.91. The number of fused-ring (bicyclic) bond motifs is 2. The Balaban J connectivity index is 1.48. The lowest BCUT2D eigenvalue weighted by molar-refractivity contribution is -0.116. The smallest absolute Gasteiger partial charge is 0.410 e. The molecule has 2 amide bonds. The molecule has 0 fully saturated rings. The molecule has 3 heterocycles. The average Bonchev–Trinajstić information content (AvgIpc) is 3.34. The number of aromatic nitrogens is 2. The van der Waals surface area contributed by atoms with Gasteiger partial charge in [-0.05, 0) is 49.7 Å². The van der Waals surface area contributed by atoms with E-state index in [0.29, 0.717) is 40.6 Å². The normalized spacial score (nSPS) is 13.8. The number of nitrogens with zero attached hydrogens (tertiary/aromatic N) is 3. The molecule has 0 bridgehead atoms. The molecular formula is C25H23FN4O6. The van der Waals surface area contributed by atoms with Crippen LogP contribution in [0.1, 0.15) is 18.2 Å². The molecule has 36 heavy (non-hydrogen) atoms. The highest BCUT2D eigenvalue weighted by atomic mass is 19.1. The second-order valence-electron chi connectivity index (χ2n) is 8.25. The van der Waals surface area contributed by atoms with Crippen molar-refractivity contribution < 1.29 is 28.2 Å². The fraction of sp³-hybridized carbons (Fsp3) is 0.280. The summed E-state index contributed by atoms with van der Waals surface area (Å²) in [7, 11) is 0. The summed E-state index contributed by atoms with van der Waals surface area (Å²) >= 11 is 0. The van der Waals surface area contributed by atoms with Crippen molar-refractivity contribution in [2.45, 2.75) is 26.4 Å². The molecule has 3 aromatic rings. The highest BCUT2D eigenvalue weighted by Crippen LogP contribution is 2.34. The Morgan fingerprint density at radius 1 is 1.14 bits per heavy atom. The number of benzene rings is 2. The van der Waals surface area contributed by atoms with Gasteiger partial charge in [0.1, 0.15) is 18.2 Å². The zero-order valence-electron chi connectivity index (χ0n) is 19.5. The Labute approximate surface area is 205 Å². The number of amides is 2. The maximum atomic E-state index is 13.6. The largest absolute Gasteiger partial charge is 0.454 e. The van der Waals surface area contributed by atoms with Gasteiger partial charge in [-0.25, -0.2) is 14.2 Å². The van der Waals surface area contributed by atoms with Crippen LogP contribution in [-0.2, 0) is 29.0 Å². The zero-order chi connectivity index (χ0) is 25.2. The Bertz CT molecular complexity index is 1390. The molecule has 1 N–H and O–H groups in total. The molecule has 0 spiro atoms. The van der Waals surface area contributed by atoms with Crippen LogP contribution in [0.15, 0.2) is 47.3 Å². The van der Waals surface area contributed by atoms with Crippen molar-refractivity contribution in [2.24, 2.45) is 0 Å². The Morgan fingerprint density at radius 2 is 1.92 bits per heavy atom. The lowest BCUT2D eigenvalue weighted by Crippen LogP contribution is -2.42. The minimum absolute atomic E-state index is 0.0990. The van der Waals surface area contributed by atoms with Gasteiger partial charge in [-0.1, -0.05) is 0 Å². The molecule has 2 aromatic carbocycles. The quantitative estimate of drug-likeness (QED) is 0.580. The molecule has 0 unspecified atom stereocenters. The van der Waals surface area contributed by atoms with Crippen molar-refractivity contribution in [2.75, 3.05) is 25.3 Å². The first-order valence-corrected chi connectivity index (χ1v) is 11.4. The van der Waals surface area contributed by atoms with Crippen LogP contribution in [0.4, 0.5) is 14.9 Å². The van der Waals surface area contributed by atoms with E-state index in [0.717, 1.165) is 0 Å². The monoisotopic (exact) mass is 494 g/mol. The van der Waals surface area contributed by atoms with Crippen molar-refractivity contribution in [3.8, 4) is 22.9 Å². The van der Waals surface area contributed by atoms with Gasteiger partial charge in [-0.15, -0.1) is 0 Å². The minimum atomic E-state index is -0.486. The standard InChI is InChI=1S/C25H23FN4O6/c1-2-34-25(33)29-10-9-18-19(12-29)28-23(15-3-5-16(26)6-4-15)30(24(18)32)13-22(31)27-17-7-8-20-21(11-17)36-14-35-20/h3-8,11H,2,9-10,12-14H2,1H3,(H,27,31). The molecule has 186 valence electrons. The van der Waals surface area contributed by atoms with Crippen molar-refractivity contribution in [3.05, 3.63) is 69.9 Å². The van der Waals surface area contributed by atoms with Crippen LogP contribution >= 0.6 is 0 Å². The van der Waals surface area contributed by atoms with E-state index in [4.69, 9.17) is 14.2 Å². The number of rotatable bonds is 5.